The Morgan fingerprint density at radius 2 is 2.44 bits per heavy atom. The first-order valence-corrected chi connectivity index (χ1v) is 6.38. The van der Waals surface area contributed by atoms with Gasteiger partial charge in [0, 0.05) is 31.5 Å². The summed E-state index contributed by atoms with van der Waals surface area (Å²) in [6.07, 6.45) is 9.13. The SMILES string of the molecule is CCn1ccc(CNC2CC3CCC2O3)c1. The molecule has 16 heavy (non-hydrogen) atoms. The summed E-state index contributed by atoms with van der Waals surface area (Å²) >= 11 is 0. The van der Waals surface area contributed by atoms with Gasteiger partial charge < -0.3 is 14.6 Å². The molecule has 0 spiro atoms. The van der Waals surface area contributed by atoms with E-state index >= 15 is 0 Å². The van der Waals surface area contributed by atoms with Gasteiger partial charge in [-0.15, -0.1) is 0 Å². The number of nitrogens with one attached hydrogen (secondary N) is 1. The average molecular weight is 220 g/mol. The Morgan fingerprint density at radius 3 is 3.06 bits per heavy atom. The number of fused-ring (bicyclic) bond motifs is 2. The Labute approximate surface area is 96.8 Å². The molecule has 3 heteroatoms. The van der Waals surface area contributed by atoms with E-state index in [9.17, 15) is 0 Å². The molecule has 3 heterocycles. The fourth-order valence-electron chi connectivity index (χ4n) is 2.89. The quantitative estimate of drug-likeness (QED) is 0.839. The molecule has 0 aromatic carbocycles. The second-order valence-corrected chi connectivity index (χ2v) is 4.95. The van der Waals surface area contributed by atoms with Crippen molar-refractivity contribution in [3.63, 3.8) is 0 Å². The smallest absolute Gasteiger partial charge is 0.0733 e. The van der Waals surface area contributed by atoms with Gasteiger partial charge >= 0.3 is 0 Å². The highest BCUT2D eigenvalue weighted by atomic mass is 16.5. The number of hydrogen-bond acceptors (Lipinski definition) is 2. The van der Waals surface area contributed by atoms with Gasteiger partial charge in [0.25, 0.3) is 0 Å². The van der Waals surface area contributed by atoms with Gasteiger partial charge in [-0.05, 0) is 37.8 Å². The van der Waals surface area contributed by atoms with E-state index in [0.717, 1.165) is 13.1 Å². The predicted octanol–water partition coefficient (Wildman–Crippen LogP) is 1.92. The molecule has 3 rings (SSSR count). The van der Waals surface area contributed by atoms with Crippen molar-refractivity contribution >= 4 is 0 Å². The number of nitrogens with zero attached hydrogens (tertiary/aromatic N) is 1. The lowest BCUT2D eigenvalue weighted by Gasteiger charge is -2.19. The van der Waals surface area contributed by atoms with Crippen molar-refractivity contribution in [3.05, 3.63) is 24.0 Å². The Morgan fingerprint density at radius 1 is 1.50 bits per heavy atom. The molecule has 3 unspecified atom stereocenters. The van der Waals surface area contributed by atoms with Gasteiger partial charge in [-0.25, -0.2) is 0 Å². The van der Waals surface area contributed by atoms with E-state index in [4.69, 9.17) is 4.74 Å². The highest BCUT2D eigenvalue weighted by Gasteiger charge is 2.40. The molecule has 2 aliphatic rings. The molecule has 88 valence electrons. The minimum absolute atomic E-state index is 0.485. The lowest BCUT2D eigenvalue weighted by molar-refractivity contribution is 0.0973. The third-order valence-corrected chi connectivity index (χ3v) is 3.85. The molecule has 0 aliphatic carbocycles. The summed E-state index contributed by atoms with van der Waals surface area (Å²) in [5.74, 6) is 0. The summed E-state index contributed by atoms with van der Waals surface area (Å²) in [5.41, 5.74) is 1.38. The van der Waals surface area contributed by atoms with Gasteiger partial charge in [-0.3, -0.25) is 0 Å². The zero-order chi connectivity index (χ0) is 11.0. The number of ether oxygens (including phenoxy) is 1. The van der Waals surface area contributed by atoms with E-state index in [2.05, 4.69) is 35.3 Å². The third kappa shape index (κ3) is 1.89. The van der Waals surface area contributed by atoms with E-state index in [1.165, 1.54) is 24.8 Å². The molecule has 2 fully saturated rings. The van der Waals surface area contributed by atoms with E-state index in [1.54, 1.807) is 0 Å². The number of hydrogen-bond donors (Lipinski definition) is 1. The van der Waals surface area contributed by atoms with Crippen molar-refractivity contribution in [3.8, 4) is 0 Å². The summed E-state index contributed by atoms with van der Waals surface area (Å²) in [6.45, 7) is 4.20. The first-order chi connectivity index (χ1) is 7.85. The molecule has 3 nitrogen and oxygen atoms in total. The first kappa shape index (κ1) is 10.4. The molecule has 3 atom stereocenters. The standard InChI is InChI=1S/C13H20N2O/c1-2-15-6-5-10(9-15)8-14-12-7-11-3-4-13(12)16-11/h5-6,9,11-14H,2-4,7-8H2,1H3. The summed E-state index contributed by atoms with van der Waals surface area (Å²) in [7, 11) is 0. The largest absolute Gasteiger partial charge is 0.373 e. The summed E-state index contributed by atoms with van der Waals surface area (Å²) in [5, 5.41) is 3.63. The molecule has 0 saturated carbocycles. The van der Waals surface area contributed by atoms with E-state index in [0.29, 0.717) is 18.2 Å². The van der Waals surface area contributed by atoms with Crippen molar-refractivity contribution in [1.29, 1.82) is 0 Å². The van der Waals surface area contributed by atoms with Gasteiger partial charge in [0.15, 0.2) is 0 Å². The van der Waals surface area contributed by atoms with Crippen LogP contribution < -0.4 is 5.32 Å². The Bertz CT molecular complexity index is 361. The van der Waals surface area contributed by atoms with Crippen LogP contribution in [0.3, 0.4) is 0 Å². The minimum Gasteiger partial charge on any atom is -0.373 e. The Kier molecular flexibility index (Phi) is 2.74. The Hall–Kier alpha value is -0.800. The van der Waals surface area contributed by atoms with Crippen LogP contribution in [0, 0.1) is 0 Å². The second kappa shape index (κ2) is 4.22. The fraction of sp³-hybridized carbons (Fsp3) is 0.692. The summed E-state index contributed by atoms with van der Waals surface area (Å²) in [4.78, 5) is 0. The van der Waals surface area contributed by atoms with Crippen LogP contribution >= 0.6 is 0 Å². The molecule has 2 bridgehead atoms. The maximum absolute atomic E-state index is 5.83. The zero-order valence-corrected chi connectivity index (χ0v) is 9.86. The predicted molar refractivity (Wildman–Crippen MR) is 63.2 cm³/mol. The zero-order valence-electron chi connectivity index (χ0n) is 9.86. The van der Waals surface area contributed by atoms with Crippen molar-refractivity contribution in [2.45, 2.75) is 57.5 Å². The minimum atomic E-state index is 0.485. The normalized spacial score (nSPS) is 32.4. The van der Waals surface area contributed by atoms with Crippen LogP contribution in [-0.2, 0) is 17.8 Å². The number of aromatic nitrogens is 1. The lowest BCUT2D eigenvalue weighted by atomic mass is 9.95. The van der Waals surface area contributed by atoms with Crippen LogP contribution in [-0.4, -0.2) is 22.8 Å². The van der Waals surface area contributed by atoms with E-state index < -0.39 is 0 Å². The monoisotopic (exact) mass is 220 g/mol. The van der Waals surface area contributed by atoms with Crippen LogP contribution in [0.1, 0.15) is 31.7 Å². The molecule has 0 radical (unpaired) electrons. The van der Waals surface area contributed by atoms with Crippen molar-refractivity contribution in [1.82, 2.24) is 9.88 Å². The van der Waals surface area contributed by atoms with Gasteiger partial charge in [0.2, 0.25) is 0 Å². The highest BCUT2D eigenvalue weighted by molar-refractivity contribution is 5.10. The number of rotatable bonds is 4. The van der Waals surface area contributed by atoms with E-state index in [1.807, 2.05) is 0 Å². The molecule has 0 amide bonds. The van der Waals surface area contributed by atoms with Gasteiger partial charge in [0.1, 0.15) is 0 Å². The molecule has 1 aromatic rings. The maximum Gasteiger partial charge on any atom is 0.0733 e. The topological polar surface area (TPSA) is 26.2 Å². The van der Waals surface area contributed by atoms with Crippen LogP contribution in [0.5, 0.6) is 0 Å². The van der Waals surface area contributed by atoms with Crippen LogP contribution in [0.15, 0.2) is 18.5 Å². The average Bonchev–Trinajstić information content (AvgIpc) is 3.02. The Balaban J connectivity index is 1.53. The third-order valence-electron chi connectivity index (χ3n) is 3.85. The first-order valence-electron chi connectivity index (χ1n) is 6.38. The summed E-state index contributed by atoms with van der Waals surface area (Å²) < 4.78 is 8.05. The maximum atomic E-state index is 5.83. The van der Waals surface area contributed by atoms with Crippen molar-refractivity contribution in [2.75, 3.05) is 0 Å². The molecule has 2 saturated heterocycles. The van der Waals surface area contributed by atoms with Crippen molar-refractivity contribution < 1.29 is 4.74 Å². The number of aryl methyl sites for hydroxylation is 1. The molecule has 1 aromatic heterocycles. The van der Waals surface area contributed by atoms with Crippen LogP contribution in [0.2, 0.25) is 0 Å². The van der Waals surface area contributed by atoms with Crippen LogP contribution in [0.25, 0.3) is 0 Å². The summed E-state index contributed by atoms with van der Waals surface area (Å²) in [6, 6.07) is 2.79. The second-order valence-electron chi connectivity index (χ2n) is 4.95. The molecule has 2 aliphatic heterocycles. The van der Waals surface area contributed by atoms with Crippen LogP contribution in [0.4, 0.5) is 0 Å². The molecule has 1 N–H and O–H groups in total. The van der Waals surface area contributed by atoms with Gasteiger partial charge in [0.05, 0.1) is 12.2 Å². The molecular weight excluding hydrogens is 200 g/mol. The highest BCUT2D eigenvalue weighted by Crippen LogP contribution is 2.34. The van der Waals surface area contributed by atoms with Gasteiger partial charge in [-0.2, -0.15) is 0 Å². The fourth-order valence-corrected chi connectivity index (χ4v) is 2.89. The van der Waals surface area contributed by atoms with Crippen molar-refractivity contribution in [2.24, 2.45) is 0 Å². The molecular formula is C13H20N2O. The van der Waals surface area contributed by atoms with E-state index in [-0.39, 0.29) is 0 Å². The van der Waals surface area contributed by atoms with Gasteiger partial charge in [-0.1, -0.05) is 0 Å². The lowest BCUT2D eigenvalue weighted by Crippen LogP contribution is -2.36.